The van der Waals surface area contributed by atoms with Gasteiger partial charge < -0.3 is 20.3 Å². The number of carbonyl (C=O) groups excluding carboxylic acids is 2. The van der Waals surface area contributed by atoms with Crippen molar-refractivity contribution in [1.82, 2.24) is 10.6 Å². The van der Waals surface area contributed by atoms with Gasteiger partial charge in [-0.2, -0.15) is 0 Å². The molecule has 3 N–H and O–H groups in total. The highest BCUT2D eigenvalue weighted by Crippen LogP contribution is 2.13. The first-order valence-electron chi connectivity index (χ1n) is 10.6. The third-order valence-corrected chi connectivity index (χ3v) is 5.53. The van der Waals surface area contributed by atoms with Crippen molar-refractivity contribution in [3.05, 3.63) is 70.8 Å². The molecule has 2 amide bonds. The number of hydrogen-bond acceptors (Lipinski definition) is 3. The van der Waals surface area contributed by atoms with E-state index in [2.05, 4.69) is 41.8 Å². The average molecular weight is 411 g/mol. The normalized spacial score (nSPS) is 15.4. The summed E-state index contributed by atoms with van der Waals surface area (Å²) in [5.41, 5.74) is 3.87. The predicted octanol–water partition coefficient (Wildman–Crippen LogP) is 1.20. The Labute approximate surface area is 178 Å². The van der Waals surface area contributed by atoms with Crippen LogP contribution in [-0.2, 0) is 9.53 Å². The molecule has 1 saturated heterocycles. The second-order valence-corrected chi connectivity index (χ2v) is 7.92. The minimum absolute atomic E-state index is 0.0571. The third kappa shape index (κ3) is 6.40. The number of aryl methyl sites for hydroxylation is 2. The summed E-state index contributed by atoms with van der Waals surface area (Å²) in [4.78, 5) is 26.4. The van der Waals surface area contributed by atoms with Crippen LogP contribution in [0.5, 0.6) is 0 Å². The molecule has 6 nitrogen and oxygen atoms in total. The number of rotatable bonds is 8. The molecule has 0 saturated carbocycles. The standard InChI is InChI=1S/C24H31N3O3/c1-18-7-9-20(10-8-18)22(17-27-13-15-30-16-14-27)26-23(28)11-12-25-24(29)21-6-4-3-5-19(21)2/h3-10,22H,11-17H2,1-2H3,(H,25,29)(H,26,28)/p+1/t22-/m0/s1. The van der Waals surface area contributed by atoms with Gasteiger partial charge in [-0.3, -0.25) is 9.59 Å². The Balaban J connectivity index is 1.55. The lowest BCUT2D eigenvalue weighted by atomic mass is 10.0. The zero-order valence-electron chi connectivity index (χ0n) is 17.9. The fraction of sp³-hybridized carbons (Fsp3) is 0.417. The molecule has 0 radical (unpaired) electrons. The smallest absolute Gasteiger partial charge is 0.251 e. The lowest BCUT2D eigenvalue weighted by Gasteiger charge is -2.28. The number of carbonyl (C=O) groups is 2. The van der Waals surface area contributed by atoms with Crippen molar-refractivity contribution in [2.24, 2.45) is 0 Å². The van der Waals surface area contributed by atoms with E-state index in [4.69, 9.17) is 4.74 Å². The molecule has 2 aromatic carbocycles. The van der Waals surface area contributed by atoms with E-state index in [1.807, 2.05) is 25.1 Å². The second kappa shape index (κ2) is 10.9. The molecule has 1 fully saturated rings. The van der Waals surface area contributed by atoms with E-state index in [9.17, 15) is 9.59 Å². The fourth-order valence-electron chi connectivity index (χ4n) is 3.68. The largest absolute Gasteiger partial charge is 0.370 e. The van der Waals surface area contributed by atoms with Crippen LogP contribution in [0.2, 0.25) is 0 Å². The van der Waals surface area contributed by atoms with Crippen molar-refractivity contribution in [2.75, 3.05) is 39.4 Å². The van der Waals surface area contributed by atoms with E-state index in [-0.39, 0.29) is 24.3 Å². The zero-order valence-corrected chi connectivity index (χ0v) is 17.9. The number of ether oxygens (including phenoxy) is 1. The van der Waals surface area contributed by atoms with Gasteiger partial charge in [0.05, 0.1) is 13.2 Å². The second-order valence-electron chi connectivity index (χ2n) is 7.92. The van der Waals surface area contributed by atoms with Gasteiger partial charge in [-0.15, -0.1) is 0 Å². The third-order valence-electron chi connectivity index (χ3n) is 5.53. The van der Waals surface area contributed by atoms with Crippen molar-refractivity contribution in [2.45, 2.75) is 26.3 Å². The minimum atomic E-state index is -0.145. The van der Waals surface area contributed by atoms with Gasteiger partial charge in [0.25, 0.3) is 5.91 Å². The van der Waals surface area contributed by atoms with Gasteiger partial charge in [0.2, 0.25) is 5.91 Å². The van der Waals surface area contributed by atoms with Gasteiger partial charge in [0.1, 0.15) is 25.7 Å². The Hall–Kier alpha value is -2.70. The Bertz CT molecular complexity index is 845. The van der Waals surface area contributed by atoms with Crippen LogP contribution >= 0.6 is 0 Å². The van der Waals surface area contributed by atoms with Crippen molar-refractivity contribution in [3.63, 3.8) is 0 Å². The maximum Gasteiger partial charge on any atom is 0.251 e. The van der Waals surface area contributed by atoms with E-state index < -0.39 is 0 Å². The predicted molar refractivity (Wildman–Crippen MR) is 117 cm³/mol. The first-order chi connectivity index (χ1) is 14.5. The van der Waals surface area contributed by atoms with Crippen LogP contribution in [-0.4, -0.2) is 51.2 Å². The number of hydrogen-bond donors (Lipinski definition) is 3. The lowest BCUT2D eigenvalue weighted by molar-refractivity contribution is -0.909. The highest BCUT2D eigenvalue weighted by Gasteiger charge is 2.23. The number of benzene rings is 2. The SMILES string of the molecule is Cc1ccc([C@H](C[NH+]2CCOCC2)NC(=O)CCNC(=O)c2ccccc2C)cc1. The molecule has 6 heteroatoms. The van der Waals surface area contributed by atoms with Gasteiger partial charge in [-0.25, -0.2) is 0 Å². The molecule has 0 aromatic heterocycles. The Morgan fingerprint density at radius 1 is 1.03 bits per heavy atom. The maximum absolute atomic E-state index is 12.6. The molecule has 1 heterocycles. The number of morpholine rings is 1. The van der Waals surface area contributed by atoms with Crippen molar-refractivity contribution < 1.29 is 19.2 Å². The summed E-state index contributed by atoms with van der Waals surface area (Å²) in [5, 5.41) is 6.02. The Morgan fingerprint density at radius 2 is 1.73 bits per heavy atom. The summed E-state index contributed by atoms with van der Waals surface area (Å²) in [5.74, 6) is -0.202. The van der Waals surface area contributed by atoms with Crippen LogP contribution in [0.25, 0.3) is 0 Å². The fourth-order valence-corrected chi connectivity index (χ4v) is 3.68. The zero-order chi connectivity index (χ0) is 21.3. The van der Waals surface area contributed by atoms with Gasteiger partial charge in [0, 0.05) is 18.5 Å². The van der Waals surface area contributed by atoms with Crippen LogP contribution in [0.15, 0.2) is 48.5 Å². The maximum atomic E-state index is 12.6. The van der Waals surface area contributed by atoms with Gasteiger partial charge in [0.15, 0.2) is 0 Å². The summed E-state index contributed by atoms with van der Waals surface area (Å²) in [7, 11) is 0. The summed E-state index contributed by atoms with van der Waals surface area (Å²) in [6.45, 7) is 8.51. The molecule has 1 aliphatic heterocycles. The number of quaternary nitrogens is 1. The quantitative estimate of drug-likeness (QED) is 0.612. The van der Waals surface area contributed by atoms with Crippen molar-refractivity contribution >= 4 is 11.8 Å². The first-order valence-corrected chi connectivity index (χ1v) is 10.6. The molecular formula is C24H32N3O3+. The topological polar surface area (TPSA) is 71.9 Å². The van der Waals surface area contributed by atoms with Gasteiger partial charge >= 0.3 is 0 Å². The Kier molecular flexibility index (Phi) is 7.99. The van der Waals surface area contributed by atoms with E-state index in [0.29, 0.717) is 12.1 Å². The molecule has 160 valence electrons. The molecule has 0 aliphatic carbocycles. The summed E-state index contributed by atoms with van der Waals surface area (Å²) in [6.07, 6.45) is 0.248. The molecule has 3 rings (SSSR count). The molecule has 0 spiro atoms. The van der Waals surface area contributed by atoms with Crippen molar-refractivity contribution in [3.8, 4) is 0 Å². The lowest BCUT2D eigenvalue weighted by Crippen LogP contribution is -3.14. The summed E-state index contributed by atoms with van der Waals surface area (Å²) in [6, 6.07) is 15.7. The van der Waals surface area contributed by atoms with E-state index in [0.717, 1.165) is 44.0 Å². The van der Waals surface area contributed by atoms with Crippen LogP contribution < -0.4 is 15.5 Å². The molecule has 0 unspecified atom stereocenters. The molecule has 1 aliphatic rings. The number of amides is 2. The van der Waals surface area contributed by atoms with E-state index in [1.165, 1.54) is 10.5 Å². The van der Waals surface area contributed by atoms with Gasteiger partial charge in [-0.1, -0.05) is 48.0 Å². The average Bonchev–Trinajstić information content (AvgIpc) is 2.75. The number of nitrogens with one attached hydrogen (secondary N) is 3. The van der Waals surface area contributed by atoms with Crippen LogP contribution in [0, 0.1) is 13.8 Å². The van der Waals surface area contributed by atoms with E-state index >= 15 is 0 Å². The molecular weight excluding hydrogens is 378 g/mol. The highest BCUT2D eigenvalue weighted by atomic mass is 16.5. The summed E-state index contributed by atoms with van der Waals surface area (Å²) < 4.78 is 5.46. The first kappa shape index (κ1) is 22.0. The molecule has 2 aromatic rings. The minimum Gasteiger partial charge on any atom is -0.370 e. The molecule has 1 atom stereocenters. The van der Waals surface area contributed by atoms with E-state index in [1.54, 1.807) is 6.07 Å². The van der Waals surface area contributed by atoms with Crippen LogP contribution in [0.3, 0.4) is 0 Å². The van der Waals surface area contributed by atoms with Gasteiger partial charge in [-0.05, 0) is 31.0 Å². The van der Waals surface area contributed by atoms with Crippen LogP contribution in [0.4, 0.5) is 0 Å². The Morgan fingerprint density at radius 3 is 2.43 bits per heavy atom. The van der Waals surface area contributed by atoms with Crippen LogP contribution in [0.1, 0.15) is 39.5 Å². The summed E-state index contributed by atoms with van der Waals surface area (Å²) >= 11 is 0. The molecule has 30 heavy (non-hydrogen) atoms. The monoisotopic (exact) mass is 410 g/mol. The van der Waals surface area contributed by atoms with Crippen molar-refractivity contribution in [1.29, 1.82) is 0 Å². The molecule has 0 bridgehead atoms. The highest BCUT2D eigenvalue weighted by molar-refractivity contribution is 5.95.